The maximum atomic E-state index is 13.7. The average molecular weight is 577 g/mol. The van der Waals surface area contributed by atoms with Crippen LogP contribution in [0.15, 0.2) is 55.1 Å². The Labute approximate surface area is 241 Å². The highest BCUT2D eigenvalue weighted by Crippen LogP contribution is 2.42. The second-order valence-corrected chi connectivity index (χ2v) is 22.8. The zero-order chi connectivity index (χ0) is 29.1. The summed E-state index contributed by atoms with van der Waals surface area (Å²) in [4.78, 5) is 13.7. The van der Waals surface area contributed by atoms with Crippen molar-refractivity contribution in [2.75, 3.05) is 0 Å². The molecule has 5 atom stereocenters. The maximum Gasteiger partial charge on any atom is 0.194 e. The van der Waals surface area contributed by atoms with E-state index >= 15 is 0 Å². The van der Waals surface area contributed by atoms with Crippen molar-refractivity contribution in [3.63, 3.8) is 0 Å². The van der Waals surface area contributed by atoms with Gasteiger partial charge in [-0.3, -0.25) is 4.79 Å². The van der Waals surface area contributed by atoms with Gasteiger partial charge in [0, 0.05) is 11.7 Å². The molecule has 0 aromatic heterocycles. The van der Waals surface area contributed by atoms with Crippen LogP contribution >= 0.6 is 11.8 Å². The minimum absolute atomic E-state index is 0.0261. The van der Waals surface area contributed by atoms with E-state index in [4.69, 9.17) is 8.85 Å². The number of thioether (sulfide) groups is 1. The third-order valence-corrected chi connectivity index (χ3v) is 19.0. The molecule has 0 spiro atoms. The summed E-state index contributed by atoms with van der Waals surface area (Å²) in [5, 5.41) is 0.243. The molecule has 38 heavy (non-hydrogen) atoms. The Balaban J connectivity index is 3.45. The van der Waals surface area contributed by atoms with Gasteiger partial charge in [-0.2, -0.15) is 0 Å². The molecule has 0 N–H and O–H groups in total. The van der Waals surface area contributed by atoms with Crippen molar-refractivity contribution in [2.24, 2.45) is 17.8 Å². The summed E-state index contributed by atoms with van der Waals surface area (Å²) in [6.07, 6.45) is 5.82. The summed E-state index contributed by atoms with van der Waals surface area (Å²) in [5.41, 5.74) is 1.17. The maximum absolute atomic E-state index is 13.7. The van der Waals surface area contributed by atoms with Crippen LogP contribution in [-0.4, -0.2) is 34.0 Å². The summed E-state index contributed by atoms with van der Waals surface area (Å²) in [6.45, 7) is 28.7. The number of allylic oxidation sites excluding steroid dienone is 2. The molecule has 0 radical (unpaired) electrons. The molecular weight excluding hydrogens is 521 g/mol. The average Bonchev–Trinajstić information content (AvgIpc) is 2.89. The van der Waals surface area contributed by atoms with Crippen LogP contribution in [0.3, 0.4) is 0 Å². The van der Waals surface area contributed by atoms with Crippen LogP contribution in [0.1, 0.15) is 67.9 Å². The molecule has 0 bridgehead atoms. The van der Waals surface area contributed by atoms with Crippen LogP contribution in [0.25, 0.3) is 0 Å². The Morgan fingerprint density at radius 3 is 2.00 bits per heavy atom. The van der Waals surface area contributed by atoms with Crippen LogP contribution in [-0.2, 0) is 19.4 Å². The van der Waals surface area contributed by atoms with Gasteiger partial charge in [-0.1, -0.05) is 129 Å². The first-order valence-corrected chi connectivity index (χ1v) is 21.0. The zero-order valence-corrected chi connectivity index (χ0v) is 29.0. The Kier molecular flexibility index (Phi) is 14.6. The lowest BCUT2D eigenvalue weighted by Crippen LogP contribution is -2.53. The molecule has 1 aromatic rings. The van der Waals surface area contributed by atoms with E-state index in [0.29, 0.717) is 5.75 Å². The van der Waals surface area contributed by atoms with Crippen LogP contribution in [0, 0.1) is 17.8 Å². The fourth-order valence-corrected chi connectivity index (χ4v) is 10.1. The standard InChI is InChI=1S/C32H56O3SSi2/c1-13-17-21-25(5)29(35-38(14-2,15-3)16-4)26(6)30(34-37(11,12)32(8,9)10)27(7)31(33)36-24-28-22-19-18-20-23-28/h13,17-23,25-27,29-30H,1,14-16,24H2,2-12H3/b21-17-/t25-,26?,27+,29?,30-/m0/s1. The zero-order valence-electron chi connectivity index (χ0n) is 26.2. The normalized spacial score (nSPS) is 17.1. The monoisotopic (exact) mass is 576 g/mol. The molecule has 216 valence electrons. The Morgan fingerprint density at radius 2 is 1.53 bits per heavy atom. The third-order valence-electron chi connectivity index (χ3n) is 8.75. The SMILES string of the molecule is C=C/C=C\[C@H](C)C(O[Si](CC)(CC)CC)C(C)[C@H](O[Si](C)(C)C(C)(C)C)[C@@H](C)C(=O)SCc1ccccc1. The fourth-order valence-electron chi connectivity index (χ4n) is 4.71. The highest BCUT2D eigenvalue weighted by molar-refractivity contribution is 8.13. The summed E-state index contributed by atoms with van der Waals surface area (Å²) < 4.78 is 14.4. The first-order valence-electron chi connectivity index (χ1n) is 14.5. The van der Waals surface area contributed by atoms with E-state index in [1.165, 1.54) is 17.3 Å². The number of hydrogen-bond acceptors (Lipinski definition) is 4. The molecule has 1 rings (SSSR count). The third kappa shape index (κ3) is 9.92. The number of rotatable bonds is 16. The number of benzene rings is 1. The lowest BCUT2D eigenvalue weighted by atomic mass is 9.84. The summed E-state index contributed by atoms with van der Waals surface area (Å²) in [5.74, 6) is 0.683. The molecular formula is C32H56O3SSi2. The van der Waals surface area contributed by atoms with E-state index in [2.05, 4.69) is 100 Å². The van der Waals surface area contributed by atoms with Crippen molar-refractivity contribution >= 4 is 33.5 Å². The fraction of sp³-hybridized carbons (Fsp3) is 0.656. The van der Waals surface area contributed by atoms with Gasteiger partial charge in [0.15, 0.2) is 21.8 Å². The Morgan fingerprint density at radius 1 is 0.974 bits per heavy atom. The van der Waals surface area contributed by atoms with E-state index in [1.54, 1.807) is 0 Å². The van der Waals surface area contributed by atoms with Crippen molar-refractivity contribution in [2.45, 2.75) is 117 Å². The summed E-state index contributed by atoms with van der Waals surface area (Å²) in [7, 11) is -4.06. The second kappa shape index (κ2) is 15.8. The lowest BCUT2D eigenvalue weighted by molar-refractivity contribution is -0.119. The minimum Gasteiger partial charge on any atom is -0.413 e. The van der Waals surface area contributed by atoms with Gasteiger partial charge >= 0.3 is 0 Å². The number of hydrogen-bond donors (Lipinski definition) is 0. The molecule has 0 heterocycles. The van der Waals surface area contributed by atoms with Crippen molar-refractivity contribution in [3.05, 3.63) is 60.7 Å². The quantitative estimate of drug-likeness (QED) is 0.145. The van der Waals surface area contributed by atoms with Crippen molar-refractivity contribution in [1.29, 1.82) is 0 Å². The van der Waals surface area contributed by atoms with Crippen LogP contribution in [0.4, 0.5) is 0 Å². The van der Waals surface area contributed by atoms with E-state index < -0.39 is 16.6 Å². The molecule has 3 nitrogen and oxygen atoms in total. The van der Waals surface area contributed by atoms with Gasteiger partial charge in [-0.05, 0) is 47.7 Å². The van der Waals surface area contributed by atoms with E-state index in [-0.39, 0.29) is 40.1 Å². The molecule has 0 aliphatic rings. The van der Waals surface area contributed by atoms with E-state index in [9.17, 15) is 4.79 Å². The predicted octanol–water partition coefficient (Wildman–Crippen LogP) is 9.88. The molecule has 0 saturated carbocycles. The van der Waals surface area contributed by atoms with E-state index in [0.717, 1.165) is 18.1 Å². The van der Waals surface area contributed by atoms with Crippen LogP contribution in [0.2, 0.25) is 36.3 Å². The van der Waals surface area contributed by atoms with E-state index in [1.807, 2.05) is 30.4 Å². The summed E-state index contributed by atoms with van der Waals surface area (Å²) >= 11 is 1.41. The van der Waals surface area contributed by atoms with Crippen molar-refractivity contribution in [3.8, 4) is 0 Å². The molecule has 0 aliphatic heterocycles. The van der Waals surface area contributed by atoms with Gasteiger partial charge in [-0.25, -0.2) is 0 Å². The first-order chi connectivity index (χ1) is 17.7. The first kappa shape index (κ1) is 35.1. The number of carbonyl (C=O) groups excluding carboxylic acids is 1. The second-order valence-electron chi connectivity index (χ2n) is 12.4. The highest BCUT2D eigenvalue weighted by Gasteiger charge is 2.46. The summed E-state index contributed by atoms with van der Waals surface area (Å²) in [6, 6.07) is 13.5. The molecule has 0 saturated heterocycles. The molecule has 0 amide bonds. The molecule has 2 unspecified atom stereocenters. The van der Waals surface area contributed by atoms with Crippen molar-refractivity contribution in [1.82, 2.24) is 0 Å². The predicted molar refractivity (Wildman–Crippen MR) is 174 cm³/mol. The van der Waals surface area contributed by atoms with Gasteiger partial charge in [0.05, 0.1) is 18.1 Å². The largest absolute Gasteiger partial charge is 0.413 e. The lowest BCUT2D eigenvalue weighted by Gasteiger charge is -2.46. The minimum atomic E-state index is -2.16. The number of carbonyl (C=O) groups is 1. The van der Waals surface area contributed by atoms with Gasteiger partial charge in [0.2, 0.25) is 0 Å². The highest BCUT2D eigenvalue weighted by atomic mass is 32.2. The van der Waals surface area contributed by atoms with Crippen LogP contribution in [0.5, 0.6) is 0 Å². The van der Waals surface area contributed by atoms with Gasteiger partial charge in [0.25, 0.3) is 0 Å². The van der Waals surface area contributed by atoms with Gasteiger partial charge in [-0.15, -0.1) is 0 Å². The molecule has 0 fully saturated rings. The molecule has 6 heteroatoms. The Bertz CT molecular complexity index is 866. The molecule has 1 aromatic carbocycles. The van der Waals surface area contributed by atoms with Gasteiger partial charge < -0.3 is 8.85 Å². The Hall–Kier alpha value is -0.926. The smallest absolute Gasteiger partial charge is 0.194 e. The van der Waals surface area contributed by atoms with Crippen LogP contribution < -0.4 is 0 Å². The van der Waals surface area contributed by atoms with Crippen molar-refractivity contribution < 1.29 is 13.6 Å². The topological polar surface area (TPSA) is 35.5 Å². The van der Waals surface area contributed by atoms with Gasteiger partial charge in [0.1, 0.15) is 0 Å². The molecule has 0 aliphatic carbocycles.